The van der Waals surface area contributed by atoms with Crippen LogP contribution in [0.4, 0.5) is 5.69 Å². The summed E-state index contributed by atoms with van der Waals surface area (Å²) in [6.45, 7) is 3.10. The molecular formula is C16H20N2O. The van der Waals surface area contributed by atoms with E-state index in [0.717, 1.165) is 19.6 Å². The molecule has 19 heavy (non-hydrogen) atoms. The van der Waals surface area contributed by atoms with Crippen LogP contribution >= 0.6 is 0 Å². The molecule has 1 atom stereocenters. The Balaban J connectivity index is 1.67. The molecule has 1 unspecified atom stereocenters. The van der Waals surface area contributed by atoms with E-state index < -0.39 is 0 Å². The quantitative estimate of drug-likeness (QED) is 0.909. The summed E-state index contributed by atoms with van der Waals surface area (Å²) >= 11 is 0. The highest BCUT2D eigenvalue weighted by Crippen LogP contribution is 2.31. The minimum atomic E-state index is 0.620. The molecule has 0 saturated heterocycles. The molecule has 3 nitrogen and oxygen atoms in total. The van der Waals surface area contributed by atoms with Gasteiger partial charge in [0, 0.05) is 36.8 Å². The number of rotatable bonds is 4. The normalized spacial score (nSPS) is 18.1. The summed E-state index contributed by atoms with van der Waals surface area (Å²) in [6.07, 6.45) is 4.77. The third kappa shape index (κ3) is 2.82. The Bertz CT molecular complexity index is 521. The highest BCUT2D eigenvalue weighted by atomic mass is 16.3. The Morgan fingerprint density at radius 2 is 2.21 bits per heavy atom. The predicted molar refractivity (Wildman–Crippen MR) is 77.3 cm³/mol. The standard InChI is InChI=1S/C16H20N2O/c1-18(10-13-7-9-19-12-13)11-14-6-8-17-16-5-3-2-4-15(14)16/h2-5,7,9,12,14,17H,6,8,10-11H2,1H3. The van der Waals surface area contributed by atoms with Crippen molar-refractivity contribution in [2.75, 3.05) is 25.5 Å². The number of likely N-dealkylation sites (N-methyl/N-ethyl adjacent to an activating group) is 1. The first-order valence-electron chi connectivity index (χ1n) is 6.85. The smallest absolute Gasteiger partial charge is 0.0947 e. The minimum absolute atomic E-state index is 0.620. The number of anilines is 1. The summed E-state index contributed by atoms with van der Waals surface area (Å²) in [4.78, 5) is 2.37. The van der Waals surface area contributed by atoms with Crippen LogP contribution in [0, 0.1) is 0 Å². The zero-order valence-corrected chi connectivity index (χ0v) is 11.3. The first-order chi connectivity index (χ1) is 9.33. The van der Waals surface area contributed by atoms with E-state index in [1.165, 1.54) is 23.2 Å². The van der Waals surface area contributed by atoms with Gasteiger partial charge in [-0.15, -0.1) is 0 Å². The Kier molecular flexibility index (Phi) is 3.56. The van der Waals surface area contributed by atoms with Crippen molar-refractivity contribution in [2.45, 2.75) is 18.9 Å². The van der Waals surface area contributed by atoms with Crippen LogP contribution < -0.4 is 5.32 Å². The number of para-hydroxylation sites is 1. The molecule has 1 aliphatic heterocycles. The monoisotopic (exact) mass is 256 g/mol. The minimum Gasteiger partial charge on any atom is -0.472 e. The van der Waals surface area contributed by atoms with E-state index in [-0.39, 0.29) is 0 Å². The maximum Gasteiger partial charge on any atom is 0.0947 e. The van der Waals surface area contributed by atoms with Gasteiger partial charge in [-0.2, -0.15) is 0 Å². The molecule has 0 saturated carbocycles. The Labute approximate surface area is 114 Å². The van der Waals surface area contributed by atoms with E-state index in [1.807, 2.05) is 12.3 Å². The van der Waals surface area contributed by atoms with Gasteiger partial charge >= 0.3 is 0 Å². The van der Waals surface area contributed by atoms with E-state index in [4.69, 9.17) is 4.42 Å². The SMILES string of the molecule is CN(Cc1ccoc1)CC1CCNc2ccccc21. The van der Waals surface area contributed by atoms with Gasteiger partial charge in [-0.3, -0.25) is 0 Å². The van der Waals surface area contributed by atoms with Crippen LogP contribution in [0.25, 0.3) is 0 Å². The van der Waals surface area contributed by atoms with Crippen molar-refractivity contribution in [3.63, 3.8) is 0 Å². The Morgan fingerprint density at radius 3 is 3.05 bits per heavy atom. The predicted octanol–water partition coefficient (Wildman–Crippen LogP) is 3.31. The number of hydrogen-bond donors (Lipinski definition) is 1. The third-order valence-electron chi connectivity index (χ3n) is 3.77. The highest BCUT2D eigenvalue weighted by molar-refractivity contribution is 5.54. The molecule has 1 aromatic heterocycles. The molecule has 0 spiro atoms. The van der Waals surface area contributed by atoms with Crippen molar-refractivity contribution in [3.8, 4) is 0 Å². The molecule has 0 amide bonds. The number of hydrogen-bond acceptors (Lipinski definition) is 3. The van der Waals surface area contributed by atoms with Gasteiger partial charge in [0.15, 0.2) is 0 Å². The summed E-state index contributed by atoms with van der Waals surface area (Å²) < 4.78 is 5.12. The number of nitrogens with one attached hydrogen (secondary N) is 1. The van der Waals surface area contributed by atoms with Gasteiger partial charge in [-0.05, 0) is 31.2 Å². The van der Waals surface area contributed by atoms with Gasteiger partial charge in [-0.25, -0.2) is 0 Å². The topological polar surface area (TPSA) is 28.4 Å². The maximum atomic E-state index is 5.12. The lowest BCUT2D eigenvalue weighted by molar-refractivity contribution is 0.296. The van der Waals surface area contributed by atoms with Crippen molar-refractivity contribution in [1.29, 1.82) is 0 Å². The lowest BCUT2D eigenvalue weighted by Gasteiger charge is -2.30. The fourth-order valence-corrected chi connectivity index (χ4v) is 2.88. The first-order valence-corrected chi connectivity index (χ1v) is 6.85. The van der Waals surface area contributed by atoms with Crippen molar-refractivity contribution < 1.29 is 4.42 Å². The average Bonchev–Trinajstić information content (AvgIpc) is 2.92. The summed E-state index contributed by atoms with van der Waals surface area (Å²) in [5.41, 5.74) is 3.99. The molecule has 0 aliphatic carbocycles. The van der Waals surface area contributed by atoms with Crippen LogP contribution in [-0.4, -0.2) is 25.0 Å². The van der Waals surface area contributed by atoms with Crippen molar-refractivity contribution in [2.24, 2.45) is 0 Å². The van der Waals surface area contributed by atoms with Crippen LogP contribution in [-0.2, 0) is 6.54 Å². The van der Waals surface area contributed by atoms with Crippen LogP contribution in [0.1, 0.15) is 23.5 Å². The largest absolute Gasteiger partial charge is 0.472 e. The van der Waals surface area contributed by atoms with E-state index >= 15 is 0 Å². The molecule has 0 bridgehead atoms. The summed E-state index contributed by atoms with van der Waals surface area (Å²) in [5, 5.41) is 3.48. The second-order valence-corrected chi connectivity index (χ2v) is 5.33. The fraction of sp³-hybridized carbons (Fsp3) is 0.375. The van der Waals surface area contributed by atoms with Gasteiger partial charge in [0.1, 0.15) is 0 Å². The lowest BCUT2D eigenvalue weighted by Crippen LogP contribution is -2.28. The number of fused-ring (bicyclic) bond motifs is 1. The molecule has 3 heteroatoms. The molecule has 1 N–H and O–H groups in total. The molecule has 0 fully saturated rings. The molecule has 0 radical (unpaired) electrons. The van der Waals surface area contributed by atoms with Crippen molar-refractivity contribution >= 4 is 5.69 Å². The Hall–Kier alpha value is -1.74. The van der Waals surface area contributed by atoms with Crippen LogP contribution in [0.15, 0.2) is 47.3 Å². The fourth-order valence-electron chi connectivity index (χ4n) is 2.88. The molecule has 3 rings (SSSR count). The molecule has 1 aromatic carbocycles. The Morgan fingerprint density at radius 1 is 1.32 bits per heavy atom. The molecule has 2 aromatic rings. The van der Waals surface area contributed by atoms with Gasteiger partial charge in [0.25, 0.3) is 0 Å². The first kappa shape index (κ1) is 12.3. The number of benzene rings is 1. The molecular weight excluding hydrogens is 236 g/mol. The van der Waals surface area contributed by atoms with E-state index in [2.05, 4.69) is 41.5 Å². The second-order valence-electron chi connectivity index (χ2n) is 5.33. The number of furan rings is 1. The third-order valence-corrected chi connectivity index (χ3v) is 3.77. The van der Waals surface area contributed by atoms with Gasteiger partial charge in [0.05, 0.1) is 12.5 Å². The lowest BCUT2D eigenvalue weighted by atomic mass is 9.90. The van der Waals surface area contributed by atoms with Crippen molar-refractivity contribution in [3.05, 3.63) is 54.0 Å². The van der Waals surface area contributed by atoms with E-state index in [1.54, 1.807) is 6.26 Å². The zero-order chi connectivity index (χ0) is 13.1. The van der Waals surface area contributed by atoms with Crippen LogP contribution in [0.5, 0.6) is 0 Å². The summed E-state index contributed by atoms with van der Waals surface area (Å²) in [6, 6.07) is 10.7. The van der Waals surface area contributed by atoms with Crippen LogP contribution in [0.2, 0.25) is 0 Å². The van der Waals surface area contributed by atoms with Gasteiger partial charge in [-0.1, -0.05) is 18.2 Å². The van der Waals surface area contributed by atoms with E-state index in [9.17, 15) is 0 Å². The number of nitrogens with zero attached hydrogens (tertiary/aromatic N) is 1. The highest BCUT2D eigenvalue weighted by Gasteiger charge is 2.20. The molecule has 100 valence electrons. The zero-order valence-electron chi connectivity index (χ0n) is 11.3. The summed E-state index contributed by atoms with van der Waals surface area (Å²) in [5.74, 6) is 0.620. The maximum absolute atomic E-state index is 5.12. The van der Waals surface area contributed by atoms with Gasteiger partial charge in [0.2, 0.25) is 0 Å². The van der Waals surface area contributed by atoms with Crippen LogP contribution in [0.3, 0.4) is 0 Å². The van der Waals surface area contributed by atoms with Crippen molar-refractivity contribution in [1.82, 2.24) is 4.90 Å². The molecule has 1 aliphatic rings. The molecule has 2 heterocycles. The summed E-state index contributed by atoms with van der Waals surface area (Å²) in [7, 11) is 2.18. The second kappa shape index (κ2) is 5.49. The van der Waals surface area contributed by atoms with Gasteiger partial charge < -0.3 is 14.6 Å². The average molecular weight is 256 g/mol. The van der Waals surface area contributed by atoms with E-state index in [0.29, 0.717) is 5.92 Å².